The predicted molar refractivity (Wildman–Crippen MR) is 51.7 cm³/mol. The van der Waals surface area contributed by atoms with Gasteiger partial charge >= 0.3 is 0 Å². The van der Waals surface area contributed by atoms with E-state index in [9.17, 15) is 4.39 Å². The van der Waals surface area contributed by atoms with Gasteiger partial charge in [0.1, 0.15) is 5.83 Å². The van der Waals surface area contributed by atoms with E-state index in [0.29, 0.717) is 0 Å². The van der Waals surface area contributed by atoms with E-state index in [1.165, 1.54) is 12.2 Å². The summed E-state index contributed by atoms with van der Waals surface area (Å²) in [6.07, 6.45) is 5.40. The first-order valence-corrected chi connectivity index (χ1v) is 4.03. The van der Waals surface area contributed by atoms with Crippen LogP contribution in [0.4, 0.5) is 4.39 Å². The lowest BCUT2D eigenvalue weighted by molar-refractivity contribution is 0.664. The highest BCUT2D eigenvalue weighted by molar-refractivity contribution is 5.22. The minimum absolute atomic E-state index is 0.222. The molecular formula is C10H16FN. The first-order chi connectivity index (χ1) is 5.70. The van der Waals surface area contributed by atoms with Crippen molar-refractivity contribution in [2.24, 2.45) is 0 Å². The Morgan fingerprint density at radius 2 is 2.17 bits per heavy atom. The molecule has 0 aromatic heterocycles. The van der Waals surface area contributed by atoms with Gasteiger partial charge in [0, 0.05) is 0 Å². The van der Waals surface area contributed by atoms with Gasteiger partial charge in [-0.3, -0.25) is 0 Å². The summed E-state index contributed by atoms with van der Waals surface area (Å²) in [5.74, 6) is -0.222. The number of hydrogen-bond acceptors (Lipinski definition) is 1. The van der Waals surface area contributed by atoms with Crippen molar-refractivity contribution in [3.05, 3.63) is 36.2 Å². The molecule has 0 heterocycles. The van der Waals surface area contributed by atoms with Gasteiger partial charge in [-0.25, -0.2) is 4.39 Å². The Balaban J connectivity index is 3.76. The summed E-state index contributed by atoms with van der Waals surface area (Å²) in [7, 11) is 1.88. The van der Waals surface area contributed by atoms with Gasteiger partial charge in [0.2, 0.25) is 0 Å². The minimum atomic E-state index is -0.222. The second-order valence-corrected chi connectivity index (χ2v) is 2.52. The number of nitrogens with one attached hydrogen (secondary N) is 1. The van der Waals surface area contributed by atoms with Crippen LogP contribution in [0.25, 0.3) is 0 Å². The van der Waals surface area contributed by atoms with E-state index in [2.05, 4.69) is 11.9 Å². The molecule has 0 radical (unpaired) electrons. The summed E-state index contributed by atoms with van der Waals surface area (Å²) in [4.78, 5) is 0. The molecule has 0 aromatic rings. The fourth-order valence-corrected chi connectivity index (χ4v) is 0.663. The first-order valence-electron chi connectivity index (χ1n) is 4.03. The van der Waals surface area contributed by atoms with Crippen molar-refractivity contribution in [1.29, 1.82) is 0 Å². The third kappa shape index (κ3) is 5.86. The van der Waals surface area contributed by atoms with Gasteiger partial charge < -0.3 is 5.32 Å². The zero-order chi connectivity index (χ0) is 9.40. The van der Waals surface area contributed by atoms with Gasteiger partial charge in [0.05, 0.1) is 0 Å². The average molecular weight is 169 g/mol. The van der Waals surface area contributed by atoms with Crippen molar-refractivity contribution in [3.8, 4) is 0 Å². The molecule has 12 heavy (non-hydrogen) atoms. The quantitative estimate of drug-likeness (QED) is 0.624. The summed E-state index contributed by atoms with van der Waals surface area (Å²) in [6.45, 7) is 6.32. The van der Waals surface area contributed by atoms with Gasteiger partial charge in [-0.15, -0.1) is 0 Å². The molecule has 0 aromatic carbocycles. The van der Waals surface area contributed by atoms with Crippen LogP contribution in [0.5, 0.6) is 0 Å². The Bertz CT molecular complexity index is 192. The summed E-state index contributed by atoms with van der Waals surface area (Å²) >= 11 is 0. The number of hydrogen-bond donors (Lipinski definition) is 1. The average Bonchev–Trinajstić information content (AvgIpc) is 2.10. The summed E-state index contributed by atoms with van der Waals surface area (Å²) in [5, 5.41) is 3.00. The summed E-state index contributed by atoms with van der Waals surface area (Å²) in [6, 6.07) is 0. The molecule has 0 aliphatic carbocycles. The molecule has 0 aliphatic heterocycles. The van der Waals surface area contributed by atoms with Crippen LogP contribution < -0.4 is 5.32 Å². The normalized spacial score (nSPS) is 12.4. The maximum absolute atomic E-state index is 12.5. The lowest BCUT2D eigenvalue weighted by atomic mass is 10.2. The maximum atomic E-state index is 12.5. The van der Waals surface area contributed by atoms with Crippen LogP contribution in [0.1, 0.15) is 13.3 Å². The van der Waals surface area contributed by atoms with Crippen LogP contribution >= 0.6 is 0 Å². The van der Waals surface area contributed by atoms with Crippen molar-refractivity contribution in [1.82, 2.24) is 5.32 Å². The topological polar surface area (TPSA) is 12.0 Å². The van der Waals surface area contributed by atoms with Crippen LogP contribution in [0.3, 0.4) is 0 Å². The second kappa shape index (κ2) is 6.80. The summed E-state index contributed by atoms with van der Waals surface area (Å²) in [5.41, 5.74) is 0.932. The Morgan fingerprint density at radius 1 is 1.50 bits per heavy atom. The lowest BCUT2D eigenvalue weighted by Gasteiger charge is -1.97. The molecule has 0 unspecified atom stereocenters. The molecule has 0 aliphatic rings. The van der Waals surface area contributed by atoms with Crippen molar-refractivity contribution in [3.63, 3.8) is 0 Å². The van der Waals surface area contributed by atoms with E-state index in [-0.39, 0.29) is 5.83 Å². The molecule has 0 saturated carbocycles. The first kappa shape index (κ1) is 11.1. The molecule has 0 saturated heterocycles. The third-order valence-corrected chi connectivity index (χ3v) is 1.45. The molecule has 0 amide bonds. The highest BCUT2D eigenvalue weighted by Crippen LogP contribution is 2.03. The van der Waals surface area contributed by atoms with E-state index in [0.717, 1.165) is 18.5 Å². The van der Waals surface area contributed by atoms with Crippen LogP contribution in [0.15, 0.2) is 36.2 Å². The van der Waals surface area contributed by atoms with Gasteiger partial charge in [-0.1, -0.05) is 24.3 Å². The third-order valence-electron chi connectivity index (χ3n) is 1.45. The zero-order valence-corrected chi connectivity index (χ0v) is 7.73. The molecule has 1 nitrogen and oxygen atoms in total. The second-order valence-electron chi connectivity index (χ2n) is 2.52. The SMILES string of the molecule is C=C(/C=C\C(F)=C/C)CCNC. The van der Waals surface area contributed by atoms with Gasteiger partial charge in [0.25, 0.3) is 0 Å². The molecule has 68 valence electrons. The van der Waals surface area contributed by atoms with Crippen LogP contribution in [0, 0.1) is 0 Å². The summed E-state index contributed by atoms with van der Waals surface area (Å²) < 4.78 is 12.5. The monoisotopic (exact) mass is 169 g/mol. The van der Waals surface area contributed by atoms with E-state index < -0.39 is 0 Å². The van der Waals surface area contributed by atoms with Crippen LogP contribution in [-0.4, -0.2) is 13.6 Å². The highest BCUT2D eigenvalue weighted by Gasteiger charge is 1.88. The molecule has 1 N–H and O–H groups in total. The Hall–Kier alpha value is -0.890. The fourth-order valence-electron chi connectivity index (χ4n) is 0.663. The molecule has 0 fully saturated rings. The van der Waals surface area contributed by atoms with Gasteiger partial charge in [-0.05, 0) is 33.0 Å². The largest absolute Gasteiger partial charge is 0.319 e. The minimum Gasteiger partial charge on any atom is -0.319 e. The Labute approximate surface area is 73.7 Å². The molecule has 2 heteroatoms. The number of halogens is 1. The van der Waals surface area contributed by atoms with Crippen molar-refractivity contribution in [2.45, 2.75) is 13.3 Å². The van der Waals surface area contributed by atoms with E-state index >= 15 is 0 Å². The fraction of sp³-hybridized carbons (Fsp3) is 0.400. The lowest BCUT2D eigenvalue weighted by Crippen LogP contribution is -2.07. The van der Waals surface area contributed by atoms with Crippen molar-refractivity contribution in [2.75, 3.05) is 13.6 Å². The smallest absolute Gasteiger partial charge is 0.118 e. The van der Waals surface area contributed by atoms with E-state index in [1.54, 1.807) is 13.0 Å². The Morgan fingerprint density at radius 3 is 2.67 bits per heavy atom. The zero-order valence-electron chi connectivity index (χ0n) is 7.73. The van der Waals surface area contributed by atoms with Crippen LogP contribution in [0.2, 0.25) is 0 Å². The molecule has 0 atom stereocenters. The standard InChI is InChI=1S/C10H16FN/c1-4-10(11)6-5-9(2)7-8-12-3/h4-6,12H,2,7-8H2,1,3H3/b6-5-,10-4+. The number of allylic oxidation sites excluding steroid dienone is 4. The van der Waals surface area contributed by atoms with Gasteiger partial charge in [-0.2, -0.15) is 0 Å². The maximum Gasteiger partial charge on any atom is 0.118 e. The molecular weight excluding hydrogens is 153 g/mol. The van der Waals surface area contributed by atoms with Crippen LogP contribution in [-0.2, 0) is 0 Å². The molecule has 0 rings (SSSR count). The molecule has 0 bridgehead atoms. The van der Waals surface area contributed by atoms with Crippen molar-refractivity contribution >= 4 is 0 Å². The van der Waals surface area contributed by atoms with E-state index in [1.807, 2.05) is 7.05 Å². The number of rotatable bonds is 5. The van der Waals surface area contributed by atoms with E-state index in [4.69, 9.17) is 0 Å². The highest BCUT2D eigenvalue weighted by atomic mass is 19.1. The predicted octanol–water partition coefficient (Wildman–Crippen LogP) is 2.58. The van der Waals surface area contributed by atoms with Gasteiger partial charge in [0.15, 0.2) is 0 Å². The Kier molecular flexibility index (Phi) is 6.29. The van der Waals surface area contributed by atoms with Crippen molar-refractivity contribution < 1.29 is 4.39 Å². The molecule has 0 spiro atoms.